The molecule has 3 rings (SSSR count). The van der Waals surface area contributed by atoms with Crippen LogP contribution in [0.25, 0.3) is 0 Å². The average molecular weight is 415 g/mol. The highest BCUT2D eigenvalue weighted by molar-refractivity contribution is 7.12. The lowest BCUT2D eigenvalue weighted by molar-refractivity contribution is -0.123. The summed E-state index contributed by atoms with van der Waals surface area (Å²) < 4.78 is 10.6. The highest BCUT2D eigenvalue weighted by Gasteiger charge is 2.09. The molecule has 0 atom stereocenters. The van der Waals surface area contributed by atoms with Crippen LogP contribution in [0.4, 0.5) is 0 Å². The predicted octanol–water partition coefficient (Wildman–Crippen LogP) is 4.15. The Morgan fingerprint density at radius 3 is 2.75 bits per heavy atom. The van der Waals surface area contributed by atoms with Gasteiger partial charge in [0.05, 0.1) is 11.2 Å². The molecule has 0 aliphatic rings. The zero-order chi connectivity index (χ0) is 19.8. The van der Waals surface area contributed by atoms with Crippen LogP contribution < -0.4 is 14.9 Å². The largest absolute Gasteiger partial charge is 0.482 e. The Balaban J connectivity index is 1.50. The first kappa shape index (κ1) is 19.6. The minimum atomic E-state index is -0.434. The fourth-order valence-electron chi connectivity index (χ4n) is 2.13. The van der Waals surface area contributed by atoms with Gasteiger partial charge in [0.25, 0.3) is 5.91 Å². The van der Waals surface area contributed by atoms with E-state index in [1.165, 1.54) is 17.6 Å². The topological polar surface area (TPSA) is 77.0 Å². The Labute approximate surface area is 170 Å². The van der Waals surface area contributed by atoms with Crippen molar-refractivity contribution in [3.05, 3.63) is 81.5 Å². The Morgan fingerprint density at radius 2 is 1.96 bits per heavy atom. The summed E-state index contributed by atoms with van der Waals surface area (Å²) in [6.07, 6.45) is 1.44. The third kappa shape index (κ3) is 5.67. The molecule has 1 amide bonds. The number of esters is 1. The molecule has 142 valence electrons. The lowest BCUT2D eigenvalue weighted by atomic mass is 10.2. The standard InChI is InChI=1S/C20H15ClN2O4S/c21-16-7-1-2-8-17(16)26-13-19(24)23-22-12-14-5-3-6-15(11-14)27-20(25)18-9-4-10-28-18/h1-12H,13H2,(H,23,24)/b22-12+. The first-order valence-electron chi connectivity index (χ1n) is 8.17. The van der Waals surface area contributed by atoms with Crippen LogP contribution in [0.1, 0.15) is 15.2 Å². The number of ether oxygens (including phenoxy) is 2. The maximum atomic E-state index is 12.0. The van der Waals surface area contributed by atoms with E-state index in [4.69, 9.17) is 21.1 Å². The molecule has 1 heterocycles. The second-order valence-electron chi connectivity index (χ2n) is 5.45. The van der Waals surface area contributed by atoms with Crippen molar-refractivity contribution in [1.29, 1.82) is 0 Å². The second-order valence-corrected chi connectivity index (χ2v) is 6.81. The van der Waals surface area contributed by atoms with Gasteiger partial charge in [-0.15, -0.1) is 11.3 Å². The summed E-state index contributed by atoms with van der Waals surface area (Å²) in [6, 6.07) is 17.1. The van der Waals surface area contributed by atoms with Gasteiger partial charge < -0.3 is 9.47 Å². The van der Waals surface area contributed by atoms with E-state index in [-0.39, 0.29) is 6.61 Å². The summed E-state index contributed by atoms with van der Waals surface area (Å²) in [5.74, 6) is -0.0511. The van der Waals surface area contributed by atoms with Gasteiger partial charge in [0.2, 0.25) is 0 Å². The van der Waals surface area contributed by atoms with Crippen LogP contribution in [0.5, 0.6) is 11.5 Å². The van der Waals surface area contributed by atoms with E-state index in [0.29, 0.717) is 27.0 Å². The van der Waals surface area contributed by atoms with Gasteiger partial charge in [0, 0.05) is 0 Å². The molecule has 0 aliphatic heterocycles. The van der Waals surface area contributed by atoms with Crippen LogP contribution in [-0.4, -0.2) is 24.7 Å². The molecule has 2 aromatic carbocycles. The van der Waals surface area contributed by atoms with Crippen molar-refractivity contribution in [1.82, 2.24) is 5.43 Å². The maximum Gasteiger partial charge on any atom is 0.353 e. The van der Waals surface area contributed by atoms with Crippen LogP contribution in [0.15, 0.2) is 71.1 Å². The van der Waals surface area contributed by atoms with Crippen LogP contribution >= 0.6 is 22.9 Å². The number of nitrogens with one attached hydrogen (secondary N) is 1. The van der Waals surface area contributed by atoms with E-state index in [1.807, 2.05) is 0 Å². The summed E-state index contributed by atoms with van der Waals surface area (Å²) >= 11 is 7.26. The SMILES string of the molecule is O=C(COc1ccccc1Cl)N/N=C/c1cccc(OC(=O)c2cccs2)c1. The summed E-state index contributed by atoms with van der Waals surface area (Å²) in [7, 11) is 0. The molecule has 0 unspecified atom stereocenters. The van der Waals surface area contributed by atoms with Crippen LogP contribution in [0, 0.1) is 0 Å². The third-order valence-electron chi connectivity index (χ3n) is 3.39. The number of carbonyl (C=O) groups is 2. The van der Waals surface area contributed by atoms with E-state index in [1.54, 1.807) is 66.0 Å². The summed E-state index contributed by atoms with van der Waals surface area (Å²) in [4.78, 5) is 24.3. The van der Waals surface area contributed by atoms with E-state index >= 15 is 0 Å². The zero-order valence-electron chi connectivity index (χ0n) is 14.5. The first-order chi connectivity index (χ1) is 13.6. The van der Waals surface area contributed by atoms with Gasteiger partial charge in [-0.2, -0.15) is 5.10 Å². The fourth-order valence-corrected chi connectivity index (χ4v) is 2.92. The lowest BCUT2D eigenvalue weighted by Crippen LogP contribution is -2.24. The first-order valence-corrected chi connectivity index (χ1v) is 9.42. The van der Waals surface area contributed by atoms with Crippen molar-refractivity contribution in [3.63, 3.8) is 0 Å². The van der Waals surface area contributed by atoms with Crippen molar-refractivity contribution in [2.24, 2.45) is 5.10 Å². The molecule has 0 bridgehead atoms. The van der Waals surface area contributed by atoms with Crippen LogP contribution in [-0.2, 0) is 4.79 Å². The van der Waals surface area contributed by atoms with Crippen molar-refractivity contribution in [2.75, 3.05) is 6.61 Å². The fraction of sp³-hybridized carbons (Fsp3) is 0.0500. The van der Waals surface area contributed by atoms with E-state index in [2.05, 4.69) is 10.5 Å². The number of halogens is 1. The molecule has 0 aliphatic carbocycles. The molecule has 1 aromatic heterocycles. The van der Waals surface area contributed by atoms with Crippen LogP contribution in [0.3, 0.4) is 0 Å². The van der Waals surface area contributed by atoms with Gasteiger partial charge in [0.1, 0.15) is 16.4 Å². The van der Waals surface area contributed by atoms with Crippen molar-refractivity contribution in [3.8, 4) is 11.5 Å². The summed E-state index contributed by atoms with van der Waals surface area (Å²) in [5.41, 5.74) is 3.02. The Bertz CT molecular complexity index is 989. The smallest absolute Gasteiger partial charge is 0.353 e. The van der Waals surface area contributed by atoms with Crippen molar-refractivity contribution >= 4 is 41.0 Å². The van der Waals surface area contributed by atoms with Crippen molar-refractivity contribution in [2.45, 2.75) is 0 Å². The molecule has 0 fully saturated rings. The molecule has 8 heteroatoms. The maximum absolute atomic E-state index is 12.0. The van der Waals surface area contributed by atoms with Gasteiger partial charge >= 0.3 is 5.97 Å². The number of hydrazone groups is 1. The molecule has 0 saturated carbocycles. The van der Waals surface area contributed by atoms with Gasteiger partial charge in [0.15, 0.2) is 6.61 Å². The van der Waals surface area contributed by atoms with Gasteiger partial charge in [-0.25, -0.2) is 10.2 Å². The number of nitrogens with zero attached hydrogens (tertiary/aromatic N) is 1. The summed E-state index contributed by atoms with van der Waals surface area (Å²) in [5, 5.41) is 6.10. The minimum Gasteiger partial charge on any atom is -0.482 e. The number of thiophene rings is 1. The molecule has 28 heavy (non-hydrogen) atoms. The number of benzene rings is 2. The van der Waals surface area contributed by atoms with Gasteiger partial charge in [-0.05, 0) is 41.3 Å². The van der Waals surface area contributed by atoms with E-state index in [9.17, 15) is 9.59 Å². The number of amides is 1. The zero-order valence-corrected chi connectivity index (χ0v) is 16.1. The summed E-state index contributed by atoms with van der Waals surface area (Å²) in [6.45, 7) is -0.223. The Hall–Kier alpha value is -3.16. The number of rotatable bonds is 7. The molecule has 0 saturated heterocycles. The number of hydrogen-bond donors (Lipinski definition) is 1. The molecule has 0 spiro atoms. The van der Waals surface area contributed by atoms with Gasteiger partial charge in [-0.1, -0.05) is 41.9 Å². The quantitative estimate of drug-likeness (QED) is 0.273. The number of hydrogen-bond acceptors (Lipinski definition) is 6. The minimum absolute atomic E-state index is 0.223. The molecular formula is C20H15ClN2O4S. The third-order valence-corrected chi connectivity index (χ3v) is 4.55. The molecule has 6 nitrogen and oxygen atoms in total. The van der Waals surface area contributed by atoms with Crippen LogP contribution in [0.2, 0.25) is 5.02 Å². The number of para-hydroxylation sites is 1. The highest BCUT2D eigenvalue weighted by atomic mass is 35.5. The average Bonchev–Trinajstić information content (AvgIpc) is 3.23. The molecular weight excluding hydrogens is 400 g/mol. The normalized spacial score (nSPS) is 10.6. The van der Waals surface area contributed by atoms with Crippen molar-refractivity contribution < 1.29 is 19.1 Å². The van der Waals surface area contributed by atoms with E-state index < -0.39 is 11.9 Å². The Morgan fingerprint density at radius 1 is 1.11 bits per heavy atom. The second kappa shape index (κ2) is 9.68. The van der Waals surface area contributed by atoms with E-state index in [0.717, 1.165) is 0 Å². The monoisotopic (exact) mass is 414 g/mol. The predicted molar refractivity (Wildman–Crippen MR) is 108 cm³/mol. The number of carbonyl (C=O) groups excluding carboxylic acids is 2. The molecule has 3 aromatic rings. The van der Waals surface area contributed by atoms with Gasteiger partial charge in [-0.3, -0.25) is 4.79 Å². The molecule has 1 N–H and O–H groups in total. The highest BCUT2D eigenvalue weighted by Crippen LogP contribution is 2.22. The molecule has 0 radical (unpaired) electrons. The Kier molecular flexibility index (Phi) is 6.78. The lowest BCUT2D eigenvalue weighted by Gasteiger charge is -2.06.